The van der Waals surface area contributed by atoms with Gasteiger partial charge >= 0.3 is 0 Å². The number of nitrogens with one attached hydrogen (secondary N) is 1. The predicted octanol–water partition coefficient (Wildman–Crippen LogP) is 2.43. The lowest BCUT2D eigenvalue weighted by molar-refractivity contribution is -0.119. The van der Waals surface area contributed by atoms with E-state index in [1.807, 2.05) is 12.1 Å². The van der Waals surface area contributed by atoms with Crippen molar-refractivity contribution in [1.29, 1.82) is 0 Å². The molecule has 0 aliphatic carbocycles. The van der Waals surface area contributed by atoms with Crippen LogP contribution in [0.1, 0.15) is 31.2 Å². The molecule has 0 bridgehead atoms. The predicted molar refractivity (Wildman–Crippen MR) is 88.3 cm³/mol. The second-order valence-electron chi connectivity index (χ2n) is 6.66. The van der Waals surface area contributed by atoms with Crippen LogP contribution in [0.5, 0.6) is 5.75 Å². The molecule has 0 amide bonds. The minimum atomic E-state index is 0.114. The third-order valence-electron chi connectivity index (χ3n) is 5.22. The van der Waals surface area contributed by atoms with Crippen molar-refractivity contribution in [2.24, 2.45) is 0 Å². The van der Waals surface area contributed by atoms with E-state index in [1.54, 1.807) is 7.11 Å². The number of benzene rings is 1. The van der Waals surface area contributed by atoms with Gasteiger partial charge in [0.25, 0.3) is 0 Å². The molecule has 122 valence electrons. The van der Waals surface area contributed by atoms with Gasteiger partial charge in [-0.3, -0.25) is 4.90 Å². The summed E-state index contributed by atoms with van der Waals surface area (Å²) >= 11 is 0. The summed E-state index contributed by atoms with van der Waals surface area (Å²) in [4.78, 5) is 2.48. The Morgan fingerprint density at radius 2 is 2.09 bits per heavy atom. The summed E-state index contributed by atoms with van der Waals surface area (Å²) in [5, 5.41) is 3.45. The Morgan fingerprint density at radius 1 is 1.32 bits per heavy atom. The van der Waals surface area contributed by atoms with Crippen LogP contribution in [0, 0.1) is 0 Å². The van der Waals surface area contributed by atoms with Crippen LogP contribution in [-0.2, 0) is 11.3 Å². The lowest BCUT2D eigenvalue weighted by Gasteiger charge is -2.46. The largest absolute Gasteiger partial charge is 0.496 e. The molecule has 2 aliphatic rings. The van der Waals surface area contributed by atoms with Crippen molar-refractivity contribution in [2.75, 3.05) is 33.9 Å². The number of methoxy groups -OCH3 is 1. The Labute approximate surface area is 133 Å². The molecule has 2 saturated heterocycles. The van der Waals surface area contributed by atoms with Crippen molar-refractivity contribution in [1.82, 2.24) is 10.2 Å². The number of piperidine rings is 1. The van der Waals surface area contributed by atoms with Gasteiger partial charge in [0, 0.05) is 24.8 Å². The molecule has 3 rings (SSSR count). The molecule has 2 aliphatic heterocycles. The SMILES string of the molecule is COc1ccccc1CN(C)C1CCOC2(CCNCC2)C1. The Balaban J connectivity index is 1.65. The highest BCUT2D eigenvalue weighted by Gasteiger charge is 2.39. The van der Waals surface area contributed by atoms with E-state index >= 15 is 0 Å². The topological polar surface area (TPSA) is 33.7 Å². The van der Waals surface area contributed by atoms with Crippen molar-refractivity contribution in [3.8, 4) is 5.75 Å². The van der Waals surface area contributed by atoms with Crippen LogP contribution in [0.3, 0.4) is 0 Å². The van der Waals surface area contributed by atoms with Crippen molar-refractivity contribution in [3.05, 3.63) is 29.8 Å². The Bertz CT molecular complexity index is 480. The summed E-state index contributed by atoms with van der Waals surface area (Å²) in [6.07, 6.45) is 4.57. The van der Waals surface area contributed by atoms with Crippen molar-refractivity contribution < 1.29 is 9.47 Å². The van der Waals surface area contributed by atoms with Crippen LogP contribution < -0.4 is 10.1 Å². The second-order valence-corrected chi connectivity index (χ2v) is 6.66. The maximum absolute atomic E-state index is 6.19. The van der Waals surface area contributed by atoms with Crippen molar-refractivity contribution >= 4 is 0 Å². The number of para-hydroxylation sites is 1. The molecule has 1 aromatic rings. The summed E-state index contributed by atoms with van der Waals surface area (Å²) in [6.45, 7) is 4.00. The molecule has 0 aromatic heterocycles. The molecule has 0 saturated carbocycles. The first kappa shape index (κ1) is 15.8. The average molecular weight is 304 g/mol. The van der Waals surface area contributed by atoms with Gasteiger partial charge in [0.1, 0.15) is 5.75 Å². The summed E-state index contributed by atoms with van der Waals surface area (Å²) < 4.78 is 11.7. The fraction of sp³-hybridized carbons (Fsp3) is 0.667. The Morgan fingerprint density at radius 3 is 2.86 bits per heavy atom. The zero-order valence-electron chi connectivity index (χ0n) is 13.8. The smallest absolute Gasteiger partial charge is 0.123 e. The maximum Gasteiger partial charge on any atom is 0.123 e. The third-order valence-corrected chi connectivity index (χ3v) is 5.22. The van der Waals surface area contributed by atoms with Gasteiger partial charge in [0.15, 0.2) is 0 Å². The average Bonchev–Trinajstić information content (AvgIpc) is 2.56. The van der Waals surface area contributed by atoms with Gasteiger partial charge in [-0.25, -0.2) is 0 Å². The number of ether oxygens (including phenoxy) is 2. The monoisotopic (exact) mass is 304 g/mol. The quantitative estimate of drug-likeness (QED) is 0.926. The summed E-state index contributed by atoms with van der Waals surface area (Å²) in [6, 6.07) is 8.91. The molecule has 1 atom stereocenters. The Kier molecular flexibility index (Phi) is 5.01. The van der Waals surface area contributed by atoms with Gasteiger partial charge < -0.3 is 14.8 Å². The highest BCUT2D eigenvalue weighted by molar-refractivity contribution is 5.33. The fourth-order valence-electron chi connectivity index (χ4n) is 3.84. The zero-order valence-corrected chi connectivity index (χ0v) is 13.8. The first-order valence-electron chi connectivity index (χ1n) is 8.39. The van der Waals surface area contributed by atoms with E-state index in [0.29, 0.717) is 6.04 Å². The highest BCUT2D eigenvalue weighted by atomic mass is 16.5. The number of nitrogens with zero attached hydrogens (tertiary/aromatic N) is 1. The van der Waals surface area contributed by atoms with E-state index in [2.05, 4.69) is 29.4 Å². The molecule has 2 fully saturated rings. The molecule has 1 aromatic carbocycles. The highest BCUT2D eigenvalue weighted by Crippen LogP contribution is 2.35. The number of rotatable bonds is 4. The zero-order chi connectivity index (χ0) is 15.4. The number of hydrogen-bond acceptors (Lipinski definition) is 4. The van der Waals surface area contributed by atoms with E-state index < -0.39 is 0 Å². The van der Waals surface area contributed by atoms with Gasteiger partial charge in [-0.15, -0.1) is 0 Å². The van der Waals surface area contributed by atoms with Crippen LogP contribution in [0.4, 0.5) is 0 Å². The van der Waals surface area contributed by atoms with E-state index in [9.17, 15) is 0 Å². The molecule has 4 heteroatoms. The number of hydrogen-bond donors (Lipinski definition) is 1. The first-order chi connectivity index (χ1) is 10.7. The normalized spacial score (nSPS) is 24.6. The minimum Gasteiger partial charge on any atom is -0.496 e. The molecule has 1 unspecified atom stereocenters. The van der Waals surface area contributed by atoms with Crippen molar-refractivity contribution in [2.45, 2.75) is 43.9 Å². The van der Waals surface area contributed by atoms with Gasteiger partial charge in [-0.05, 0) is 51.9 Å². The van der Waals surface area contributed by atoms with Gasteiger partial charge in [-0.1, -0.05) is 18.2 Å². The van der Waals surface area contributed by atoms with E-state index in [1.165, 1.54) is 5.56 Å². The molecule has 0 radical (unpaired) electrons. The molecular formula is C18H28N2O2. The summed E-state index contributed by atoms with van der Waals surface area (Å²) in [5.74, 6) is 0.984. The van der Waals surface area contributed by atoms with E-state index in [-0.39, 0.29) is 5.60 Å². The van der Waals surface area contributed by atoms with E-state index in [0.717, 1.165) is 57.7 Å². The summed E-state index contributed by atoms with van der Waals surface area (Å²) in [5.41, 5.74) is 1.38. The van der Waals surface area contributed by atoms with Crippen LogP contribution in [-0.4, -0.2) is 50.4 Å². The molecule has 1 N–H and O–H groups in total. The molecular weight excluding hydrogens is 276 g/mol. The molecule has 22 heavy (non-hydrogen) atoms. The third kappa shape index (κ3) is 3.45. The van der Waals surface area contributed by atoms with Crippen molar-refractivity contribution in [3.63, 3.8) is 0 Å². The lowest BCUT2D eigenvalue weighted by atomic mass is 9.82. The van der Waals surface area contributed by atoms with E-state index in [4.69, 9.17) is 9.47 Å². The van der Waals surface area contributed by atoms with Gasteiger partial charge in [0.2, 0.25) is 0 Å². The standard InChI is InChI=1S/C18H28N2O2/c1-20(14-15-5-3-4-6-17(15)21-2)16-7-12-22-18(13-16)8-10-19-11-9-18/h3-6,16,19H,7-14H2,1-2H3. The summed E-state index contributed by atoms with van der Waals surface area (Å²) in [7, 11) is 3.98. The minimum absolute atomic E-state index is 0.114. The lowest BCUT2D eigenvalue weighted by Crippen LogP contribution is -2.52. The Hall–Kier alpha value is -1.10. The fourth-order valence-corrected chi connectivity index (χ4v) is 3.84. The van der Waals surface area contributed by atoms with Gasteiger partial charge in [0.05, 0.1) is 12.7 Å². The first-order valence-corrected chi connectivity index (χ1v) is 8.39. The molecule has 2 heterocycles. The van der Waals surface area contributed by atoms with Crippen LogP contribution >= 0.6 is 0 Å². The molecule has 4 nitrogen and oxygen atoms in total. The van der Waals surface area contributed by atoms with Crippen LogP contribution in [0.15, 0.2) is 24.3 Å². The van der Waals surface area contributed by atoms with Crippen LogP contribution in [0.25, 0.3) is 0 Å². The second kappa shape index (κ2) is 6.99. The maximum atomic E-state index is 6.19. The van der Waals surface area contributed by atoms with Crippen LogP contribution in [0.2, 0.25) is 0 Å². The van der Waals surface area contributed by atoms with Gasteiger partial charge in [-0.2, -0.15) is 0 Å². The molecule has 1 spiro atoms.